The van der Waals surface area contributed by atoms with E-state index in [0.717, 1.165) is 8.95 Å². The molecule has 1 nitrogen and oxygen atoms in total. The molecule has 0 aromatic heterocycles. The number of hydrogen-bond acceptors (Lipinski definition) is 1. The molecule has 1 rings (SSSR count). The Kier molecular flexibility index (Phi) is 7.06. The van der Waals surface area contributed by atoms with Gasteiger partial charge in [-0.05, 0) is 30.2 Å². The number of alkyl halides is 3. The van der Waals surface area contributed by atoms with E-state index in [1.807, 2.05) is 0 Å². The van der Waals surface area contributed by atoms with Crippen LogP contribution in [0.4, 0.5) is 13.2 Å². The van der Waals surface area contributed by atoms with E-state index >= 15 is 0 Å². The van der Waals surface area contributed by atoms with Gasteiger partial charge < -0.3 is 5.73 Å². The van der Waals surface area contributed by atoms with Gasteiger partial charge in [0.2, 0.25) is 0 Å². The topological polar surface area (TPSA) is 26.0 Å². The fraction of sp³-hybridized carbons (Fsp3) is 0.400. The van der Waals surface area contributed by atoms with E-state index in [4.69, 9.17) is 5.73 Å². The van der Waals surface area contributed by atoms with E-state index < -0.39 is 18.6 Å². The molecule has 0 bridgehead atoms. The number of rotatable bonds is 3. The molecule has 0 fully saturated rings. The number of halogens is 6. The molecule has 0 aliphatic rings. The largest absolute Gasteiger partial charge is 0.389 e. The van der Waals surface area contributed by atoms with Gasteiger partial charge in [-0.3, -0.25) is 0 Å². The van der Waals surface area contributed by atoms with Crippen LogP contribution in [0, 0.1) is 0 Å². The average molecular weight is 397 g/mol. The summed E-state index contributed by atoms with van der Waals surface area (Å²) in [5.41, 5.74) is 6.40. The maximum atomic E-state index is 12.0. The fourth-order valence-corrected chi connectivity index (χ4v) is 2.19. The molecular weight excluding hydrogens is 386 g/mol. The van der Waals surface area contributed by atoms with Crippen LogP contribution in [0.25, 0.3) is 0 Å². The number of hydrogen-bond donors (Lipinski definition) is 1. The molecular formula is C10H11Br2ClF3N. The first-order chi connectivity index (χ1) is 7.29. The van der Waals surface area contributed by atoms with Gasteiger partial charge in [-0.1, -0.05) is 31.9 Å². The maximum Gasteiger partial charge on any atom is 0.389 e. The second-order valence-corrected chi connectivity index (χ2v) is 5.20. The molecule has 0 aliphatic carbocycles. The maximum absolute atomic E-state index is 12.0. The Labute approximate surface area is 121 Å². The molecule has 0 saturated carbocycles. The highest BCUT2D eigenvalue weighted by atomic mass is 79.9. The van der Waals surface area contributed by atoms with Crippen molar-refractivity contribution < 1.29 is 13.2 Å². The lowest BCUT2D eigenvalue weighted by Crippen LogP contribution is -2.16. The molecule has 0 unspecified atom stereocenters. The van der Waals surface area contributed by atoms with Gasteiger partial charge in [-0.2, -0.15) is 13.2 Å². The van der Waals surface area contributed by atoms with Crippen molar-refractivity contribution in [3.8, 4) is 0 Å². The summed E-state index contributed by atoms with van der Waals surface area (Å²) in [6.07, 6.45) is -5.14. The lowest BCUT2D eigenvalue weighted by Gasteiger charge is -2.15. The van der Waals surface area contributed by atoms with Crippen LogP contribution in [0.15, 0.2) is 27.1 Å². The highest BCUT2D eigenvalue weighted by Gasteiger charge is 2.28. The first-order valence-corrected chi connectivity index (χ1v) is 6.15. The van der Waals surface area contributed by atoms with Crippen LogP contribution in [0.2, 0.25) is 0 Å². The zero-order valence-electron chi connectivity index (χ0n) is 8.60. The van der Waals surface area contributed by atoms with E-state index in [0.29, 0.717) is 5.56 Å². The molecule has 1 atom stereocenters. The van der Waals surface area contributed by atoms with Crippen molar-refractivity contribution >= 4 is 44.3 Å². The summed E-state index contributed by atoms with van der Waals surface area (Å²) in [5, 5.41) is 0. The predicted octanol–water partition coefficient (Wildman–Crippen LogP) is 4.98. The van der Waals surface area contributed by atoms with E-state index in [9.17, 15) is 13.2 Å². The van der Waals surface area contributed by atoms with Crippen LogP contribution in [0.5, 0.6) is 0 Å². The van der Waals surface area contributed by atoms with E-state index in [2.05, 4.69) is 31.9 Å². The van der Waals surface area contributed by atoms with Crippen LogP contribution in [0.3, 0.4) is 0 Å². The van der Waals surface area contributed by atoms with Crippen molar-refractivity contribution in [1.82, 2.24) is 0 Å². The van der Waals surface area contributed by atoms with Crippen LogP contribution >= 0.6 is 44.3 Å². The molecule has 0 heterocycles. The predicted molar refractivity (Wildman–Crippen MR) is 71.3 cm³/mol. The van der Waals surface area contributed by atoms with Gasteiger partial charge in [0.05, 0.1) is 0 Å². The summed E-state index contributed by atoms with van der Waals surface area (Å²) in [5.74, 6) is 0. The van der Waals surface area contributed by atoms with Crippen LogP contribution in [0.1, 0.15) is 24.4 Å². The zero-order chi connectivity index (χ0) is 12.3. The molecule has 1 aromatic carbocycles. The summed E-state index contributed by atoms with van der Waals surface area (Å²) in [6, 6.07) is 4.66. The molecule has 0 spiro atoms. The summed E-state index contributed by atoms with van der Waals surface area (Å²) in [7, 11) is 0. The molecule has 0 radical (unpaired) electrons. The van der Waals surface area contributed by atoms with Crippen molar-refractivity contribution in [3.05, 3.63) is 32.7 Å². The molecule has 2 N–H and O–H groups in total. The molecule has 0 amide bonds. The van der Waals surface area contributed by atoms with Gasteiger partial charge in [0.25, 0.3) is 0 Å². The van der Waals surface area contributed by atoms with Gasteiger partial charge >= 0.3 is 6.18 Å². The minimum Gasteiger partial charge on any atom is -0.324 e. The lowest BCUT2D eigenvalue weighted by atomic mass is 10.0. The third-order valence-electron chi connectivity index (χ3n) is 2.10. The quantitative estimate of drug-likeness (QED) is 0.765. The van der Waals surface area contributed by atoms with Gasteiger partial charge in [0, 0.05) is 21.4 Å². The van der Waals surface area contributed by atoms with Crippen LogP contribution < -0.4 is 5.73 Å². The molecule has 0 saturated heterocycles. The number of benzene rings is 1. The van der Waals surface area contributed by atoms with Crippen molar-refractivity contribution in [2.75, 3.05) is 0 Å². The summed E-state index contributed by atoms with van der Waals surface area (Å²) in [4.78, 5) is 0. The third-order valence-corrected chi connectivity index (χ3v) is 3.31. The third kappa shape index (κ3) is 6.08. The summed E-state index contributed by atoms with van der Waals surface area (Å²) < 4.78 is 37.6. The Morgan fingerprint density at radius 1 is 1.24 bits per heavy atom. The van der Waals surface area contributed by atoms with Gasteiger partial charge in [0.15, 0.2) is 0 Å². The SMILES string of the molecule is Cl.N[C@H](CCC(F)(F)F)c1cc(Br)ccc1Br. The minimum absolute atomic E-state index is 0. The van der Waals surface area contributed by atoms with Crippen molar-refractivity contribution in [3.63, 3.8) is 0 Å². The van der Waals surface area contributed by atoms with Gasteiger partial charge in [-0.25, -0.2) is 0 Å². The zero-order valence-corrected chi connectivity index (χ0v) is 12.6. The molecule has 1 aromatic rings. The highest BCUT2D eigenvalue weighted by molar-refractivity contribution is 9.11. The molecule has 7 heteroatoms. The van der Waals surface area contributed by atoms with Crippen molar-refractivity contribution in [1.29, 1.82) is 0 Å². The monoisotopic (exact) mass is 395 g/mol. The first kappa shape index (κ1) is 17.2. The molecule has 98 valence electrons. The van der Waals surface area contributed by atoms with E-state index in [1.54, 1.807) is 18.2 Å². The van der Waals surface area contributed by atoms with Crippen LogP contribution in [-0.4, -0.2) is 6.18 Å². The Morgan fingerprint density at radius 2 is 1.82 bits per heavy atom. The van der Waals surface area contributed by atoms with E-state index in [-0.39, 0.29) is 18.8 Å². The van der Waals surface area contributed by atoms with Gasteiger partial charge in [0.1, 0.15) is 0 Å². The Balaban J connectivity index is 0.00000256. The lowest BCUT2D eigenvalue weighted by molar-refractivity contribution is -0.136. The highest BCUT2D eigenvalue weighted by Crippen LogP contribution is 2.31. The van der Waals surface area contributed by atoms with Crippen molar-refractivity contribution in [2.45, 2.75) is 25.1 Å². The number of nitrogens with two attached hydrogens (primary N) is 1. The minimum atomic E-state index is -4.16. The fourth-order valence-electron chi connectivity index (χ4n) is 1.27. The normalized spacial score (nSPS) is 13.1. The second kappa shape index (κ2) is 6.97. The summed E-state index contributed by atoms with van der Waals surface area (Å²) >= 11 is 6.53. The first-order valence-electron chi connectivity index (χ1n) is 4.57. The molecule has 0 aliphatic heterocycles. The molecule has 17 heavy (non-hydrogen) atoms. The van der Waals surface area contributed by atoms with Crippen LogP contribution in [-0.2, 0) is 0 Å². The van der Waals surface area contributed by atoms with Crippen molar-refractivity contribution in [2.24, 2.45) is 5.73 Å². The standard InChI is InChI=1S/C10H10Br2F3N.ClH/c11-6-1-2-8(12)7(5-6)9(16)3-4-10(13,14)15;/h1-2,5,9H,3-4,16H2;1H/t9-;/m1./s1. The Bertz CT molecular complexity index is 371. The van der Waals surface area contributed by atoms with E-state index in [1.165, 1.54) is 0 Å². The second-order valence-electron chi connectivity index (χ2n) is 3.43. The average Bonchev–Trinajstić information content (AvgIpc) is 2.17. The smallest absolute Gasteiger partial charge is 0.324 e. The Morgan fingerprint density at radius 3 is 2.35 bits per heavy atom. The Hall–Kier alpha value is 0.220. The van der Waals surface area contributed by atoms with Gasteiger partial charge in [-0.15, -0.1) is 12.4 Å². The summed E-state index contributed by atoms with van der Waals surface area (Å²) in [6.45, 7) is 0.